The minimum absolute atomic E-state index is 0.165. The van der Waals surface area contributed by atoms with Crippen LogP contribution in [0.3, 0.4) is 0 Å². The van der Waals surface area contributed by atoms with Gasteiger partial charge in [-0.3, -0.25) is 4.79 Å². The van der Waals surface area contributed by atoms with Crippen LogP contribution in [0, 0.1) is 6.92 Å². The van der Waals surface area contributed by atoms with Crippen molar-refractivity contribution in [3.8, 4) is 0 Å². The normalized spacial score (nSPS) is 10.2. The van der Waals surface area contributed by atoms with E-state index in [1.54, 1.807) is 29.5 Å². The van der Waals surface area contributed by atoms with Crippen molar-refractivity contribution in [3.05, 3.63) is 51.7 Å². The Morgan fingerprint density at radius 2 is 2.10 bits per heavy atom. The van der Waals surface area contributed by atoms with E-state index in [4.69, 9.17) is 4.74 Å². The Kier molecular flexibility index (Phi) is 5.11. The summed E-state index contributed by atoms with van der Waals surface area (Å²) in [6.45, 7) is 3.66. The Labute approximate surface area is 127 Å². The first kappa shape index (κ1) is 15.3. The predicted molar refractivity (Wildman–Crippen MR) is 83.8 cm³/mol. The summed E-state index contributed by atoms with van der Waals surface area (Å²) in [5.74, 6) is -0.542. The van der Waals surface area contributed by atoms with Crippen molar-refractivity contribution in [2.45, 2.75) is 20.3 Å². The topological polar surface area (TPSA) is 55.4 Å². The average molecular weight is 303 g/mol. The van der Waals surface area contributed by atoms with E-state index in [0.29, 0.717) is 24.3 Å². The lowest BCUT2D eigenvalue weighted by Gasteiger charge is -2.09. The van der Waals surface area contributed by atoms with Crippen molar-refractivity contribution in [3.63, 3.8) is 0 Å². The maximum absolute atomic E-state index is 12.0. The summed E-state index contributed by atoms with van der Waals surface area (Å²) in [6.07, 6.45) is 0.716. The summed E-state index contributed by atoms with van der Waals surface area (Å²) in [6, 6.07) is 9.13. The monoisotopic (exact) mass is 303 g/mol. The average Bonchev–Trinajstić information content (AvgIpc) is 2.94. The summed E-state index contributed by atoms with van der Waals surface area (Å²) in [4.78, 5) is 24.3. The third-order valence-electron chi connectivity index (χ3n) is 2.95. The molecule has 0 unspecified atom stereocenters. The number of benzene rings is 1. The molecule has 0 aliphatic carbocycles. The zero-order chi connectivity index (χ0) is 15.2. The second-order valence-electron chi connectivity index (χ2n) is 4.68. The van der Waals surface area contributed by atoms with Crippen LogP contribution >= 0.6 is 11.3 Å². The number of aryl methyl sites for hydroxylation is 1. The number of amides is 1. The van der Waals surface area contributed by atoms with Crippen LogP contribution in [0.5, 0.6) is 0 Å². The van der Waals surface area contributed by atoms with Gasteiger partial charge >= 0.3 is 5.97 Å². The van der Waals surface area contributed by atoms with Crippen molar-refractivity contribution in [1.82, 2.24) is 0 Å². The highest BCUT2D eigenvalue weighted by Crippen LogP contribution is 2.18. The molecular formula is C16H17NO3S. The molecule has 0 aliphatic rings. The Bertz CT molecular complexity index is 635. The smallest absolute Gasteiger partial charge is 0.338 e. The molecule has 2 rings (SSSR count). The molecule has 0 saturated heterocycles. The van der Waals surface area contributed by atoms with Gasteiger partial charge in [0.25, 0.3) is 0 Å². The van der Waals surface area contributed by atoms with Gasteiger partial charge in [-0.05, 0) is 36.1 Å². The van der Waals surface area contributed by atoms with E-state index < -0.39 is 0 Å². The number of rotatable bonds is 5. The maximum Gasteiger partial charge on any atom is 0.338 e. The molecule has 21 heavy (non-hydrogen) atoms. The van der Waals surface area contributed by atoms with Crippen LogP contribution in [0.25, 0.3) is 0 Å². The molecule has 0 radical (unpaired) electrons. The first-order valence-electron chi connectivity index (χ1n) is 6.64. The lowest BCUT2D eigenvalue weighted by molar-refractivity contribution is -0.114. The molecule has 5 heteroatoms. The van der Waals surface area contributed by atoms with Crippen LogP contribution in [0.2, 0.25) is 0 Å². The molecule has 1 heterocycles. The van der Waals surface area contributed by atoms with Crippen molar-refractivity contribution < 1.29 is 14.3 Å². The molecule has 0 spiro atoms. The number of thiophene rings is 1. The Hall–Kier alpha value is -2.14. The Balaban J connectivity index is 1.96. The third kappa shape index (κ3) is 4.43. The standard InChI is InChI=1S/C16H17NO3S/c1-11-5-6-13(10-15(11)17-12(2)18)16(19)20-8-7-14-4-3-9-21-14/h3-6,9-10H,7-8H2,1-2H3,(H,17,18). The van der Waals surface area contributed by atoms with Gasteiger partial charge in [-0.1, -0.05) is 12.1 Å². The van der Waals surface area contributed by atoms with Gasteiger partial charge in [-0.25, -0.2) is 4.79 Å². The molecule has 0 aliphatic heterocycles. The van der Waals surface area contributed by atoms with Crippen molar-refractivity contribution in [2.75, 3.05) is 11.9 Å². The molecule has 0 saturated carbocycles. The number of hydrogen-bond acceptors (Lipinski definition) is 4. The van der Waals surface area contributed by atoms with Gasteiger partial charge < -0.3 is 10.1 Å². The van der Waals surface area contributed by atoms with Gasteiger partial charge in [0, 0.05) is 23.9 Å². The SMILES string of the molecule is CC(=O)Nc1cc(C(=O)OCCc2cccs2)ccc1C. The molecule has 1 aromatic heterocycles. The van der Waals surface area contributed by atoms with Gasteiger partial charge in [-0.15, -0.1) is 11.3 Å². The molecule has 4 nitrogen and oxygen atoms in total. The number of esters is 1. The van der Waals surface area contributed by atoms with Crippen LogP contribution in [0.15, 0.2) is 35.7 Å². The number of carbonyl (C=O) groups is 2. The van der Waals surface area contributed by atoms with Gasteiger partial charge in [0.2, 0.25) is 5.91 Å². The van der Waals surface area contributed by atoms with E-state index in [9.17, 15) is 9.59 Å². The van der Waals surface area contributed by atoms with Crippen LogP contribution < -0.4 is 5.32 Å². The lowest BCUT2D eigenvalue weighted by Crippen LogP contribution is -2.11. The van der Waals surface area contributed by atoms with Gasteiger partial charge in [-0.2, -0.15) is 0 Å². The quantitative estimate of drug-likeness (QED) is 0.861. The van der Waals surface area contributed by atoms with Crippen molar-refractivity contribution in [2.24, 2.45) is 0 Å². The summed E-state index contributed by atoms with van der Waals surface area (Å²) in [7, 11) is 0. The van der Waals surface area contributed by atoms with E-state index >= 15 is 0 Å². The minimum atomic E-state index is -0.377. The molecule has 1 amide bonds. The fourth-order valence-corrected chi connectivity index (χ4v) is 2.55. The second kappa shape index (κ2) is 7.04. The lowest BCUT2D eigenvalue weighted by atomic mass is 10.1. The zero-order valence-electron chi connectivity index (χ0n) is 12.0. The first-order chi connectivity index (χ1) is 10.1. The summed E-state index contributed by atoms with van der Waals surface area (Å²) in [5.41, 5.74) is 1.98. The number of nitrogens with one attached hydrogen (secondary N) is 1. The fourth-order valence-electron chi connectivity index (χ4n) is 1.86. The van der Waals surface area contributed by atoms with Crippen LogP contribution in [0.4, 0.5) is 5.69 Å². The molecule has 0 atom stereocenters. The van der Waals surface area contributed by atoms with E-state index in [1.807, 2.05) is 24.4 Å². The highest BCUT2D eigenvalue weighted by molar-refractivity contribution is 7.09. The van der Waals surface area contributed by atoms with Crippen LogP contribution in [-0.4, -0.2) is 18.5 Å². The second-order valence-corrected chi connectivity index (χ2v) is 5.71. The molecular weight excluding hydrogens is 286 g/mol. The molecule has 110 valence electrons. The number of carbonyl (C=O) groups excluding carboxylic acids is 2. The molecule has 2 aromatic rings. The van der Waals surface area contributed by atoms with Crippen molar-refractivity contribution >= 4 is 28.9 Å². The van der Waals surface area contributed by atoms with E-state index in [-0.39, 0.29) is 11.9 Å². The number of hydrogen-bond donors (Lipinski definition) is 1. The van der Waals surface area contributed by atoms with Gasteiger partial charge in [0.05, 0.1) is 12.2 Å². The van der Waals surface area contributed by atoms with E-state index in [2.05, 4.69) is 5.32 Å². The van der Waals surface area contributed by atoms with Gasteiger partial charge in [0.15, 0.2) is 0 Å². The molecule has 1 N–H and O–H groups in total. The number of ether oxygens (including phenoxy) is 1. The highest BCUT2D eigenvalue weighted by Gasteiger charge is 2.10. The van der Waals surface area contributed by atoms with Crippen LogP contribution in [0.1, 0.15) is 27.7 Å². The largest absolute Gasteiger partial charge is 0.462 e. The summed E-state index contributed by atoms with van der Waals surface area (Å²) < 4.78 is 5.26. The first-order valence-corrected chi connectivity index (χ1v) is 7.52. The molecule has 0 fully saturated rings. The van der Waals surface area contributed by atoms with E-state index in [0.717, 1.165) is 5.56 Å². The highest BCUT2D eigenvalue weighted by atomic mass is 32.1. The summed E-state index contributed by atoms with van der Waals surface area (Å²) in [5, 5.41) is 4.70. The van der Waals surface area contributed by atoms with E-state index in [1.165, 1.54) is 11.8 Å². The van der Waals surface area contributed by atoms with Crippen molar-refractivity contribution in [1.29, 1.82) is 0 Å². The summed E-state index contributed by atoms with van der Waals surface area (Å²) >= 11 is 1.64. The fraction of sp³-hybridized carbons (Fsp3) is 0.250. The Morgan fingerprint density at radius 1 is 1.29 bits per heavy atom. The zero-order valence-corrected chi connectivity index (χ0v) is 12.8. The minimum Gasteiger partial charge on any atom is -0.462 e. The third-order valence-corrected chi connectivity index (χ3v) is 3.88. The van der Waals surface area contributed by atoms with Crippen LogP contribution in [-0.2, 0) is 16.0 Å². The van der Waals surface area contributed by atoms with Gasteiger partial charge in [0.1, 0.15) is 0 Å². The number of anilines is 1. The predicted octanol–water partition coefficient (Wildman–Crippen LogP) is 3.41. The molecule has 1 aromatic carbocycles. The maximum atomic E-state index is 12.0. The molecule has 0 bridgehead atoms. The Morgan fingerprint density at radius 3 is 2.76 bits per heavy atom.